The SMILES string of the molecule is O=S(=O)(NC1=NCCN1C(=S)SN1CCn2c1nsc2=S)c1cc(Cl)cc(Cl)c1. The van der Waals surface area contributed by atoms with Gasteiger partial charge in [-0.05, 0) is 41.9 Å². The standard InChI is InChI=1S/C14H12Cl2N6O2S5/c15-8-5-9(16)7-10(6-8)29(23,24)19-11-17-1-2-20(11)14(26)28-22-4-3-21-12(22)18-27-13(21)25/h5-7H,1-4H2,(H,17,19). The van der Waals surface area contributed by atoms with E-state index in [-0.39, 0.29) is 20.9 Å². The summed E-state index contributed by atoms with van der Waals surface area (Å²) in [6, 6.07) is 4.10. The molecule has 4 rings (SSSR count). The second kappa shape index (κ2) is 8.29. The van der Waals surface area contributed by atoms with Crippen LogP contribution in [-0.4, -0.2) is 52.2 Å². The van der Waals surface area contributed by atoms with Crippen LogP contribution in [0.1, 0.15) is 0 Å². The topological polar surface area (TPSA) is 82.8 Å². The van der Waals surface area contributed by atoms with Gasteiger partial charge in [-0.2, -0.15) is 4.37 Å². The van der Waals surface area contributed by atoms with Gasteiger partial charge in [0, 0.05) is 35.1 Å². The lowest BCUT2D eigenvalue weighted by Crippen LogP contribution is -2.44. The minimum Gasteiger partial charge on any atom is -0.294 e. The molecule has 0 spiro atoms. The second-order valence-electron chi connectivity index (χ2n) is 5.93. The number of sulfonamides is 1. The van der Waals surface area contributed by atoms with Crippen molar-refractivity contribution >= 4 is 97.4 Å². The van der Waals surface area contributed by atoms with Crippen molar-refractivity contribution < 1.29 is 8.42 Å². The Morgan fingerprint density at radius 2 is 1.93 bits per heavy atom. The van der Waals surface area contributed by atoms with Crippen LogP contribution < -0.4 is 9.03 Å². The third-order valence-electron chi connectivity index (χ3n) is 4.04. The van der Waals surface area contributed by atoms with E-state index in [1.54, 1.807) is 4.90 Å². The predicted molar refractivity (Wildman–Crippen MR) is 124 cm³/mol. The van der Waals surface area contributed by atoms with E-state index in [1.165, 1.54) is 41.7 Å². The molecule has 0 radical (unpaired) electrons. The molecule has 8 nitrogen and oxygen atoms in total. The van der Waals surface area contributed by atoms with Gasteiger partial charge in [0.15, 0.2) is 8.27 Å². The molecule has 3 heterocycles. The number of hydrogen-bond donors (Lipinski definition) is 1. The zero-order valence-corrected chi connectivity index (χ0v) is 20.0. The Morgan fingerprint density at radius 1 is 1.21 bits per heavy atom. The molecule has 0 atom stereocenters. The first kappa shape index (κ1) is 21.3. The van der Waals surface area contributed by atoms with E-state index in [9.17, 15) is 8.42 Å². The van der Waals surface area contributed by atoms with Crippen molar-refractivity contribution in [1.82, 2.24) is 18.6 Å². The van der Waals surface area contributed by atoms with E-state index < -0.39 is 10.0 Å². The van der Waals surface area contributed by atoms with Crippen LogP contribution in [0.2, 0.25) is 10.0 Å². The van der Waals surface area contributed by atoms with Crippen molar-refractivity contribution in [3.63, 3.8) is 0 Å². The minimum absolute atomic E-state index is 0.0517. The molecular formula is C14H12Cl2N6O2S5. The van der Waals surface area contributed by atoms with Crippen LogP contribution in [0.5, 0.6) is 0 Å². The Labute approximate surface area is 195 Å². The number of nitrogens with zero attached hydrogens (tertiary/aromatic N) is 5. The highest BCUT2D eigenvalue weighted by Gasteiger charge is 2.30. The van der Waals surface area contributed by atoms with Crippen molar-refractivity contribution in [1.29, 1.82) is 0 Å². The molecule has 1 N–H and O–H groups in total. The van der Waals surface area contributed by atoms with Crippen LogP contribution in [0.15, 0.2) is 28.1 Å². The fraction of sp³-hybridized carbons (Fsp3) is 0.286. The number of benzene rings is 1. The molecule has 0 saturated carbocycles. The number of thiocarbonyl (C=S) groups is 1. The minimum atomic E-state index is -3.93. The van der Waals surface area contributed by atoms with E-state index >= 15 is 0 Å². The number of aromatic nitrogens is 2. The average molecular weight is 528 g/mol. The summed E-state index contributed by atoms with van der Waals surface area (Å²) in [7, 11) is -3.93. The molecule has 2 aliphatic heterocycles. The van der Waals surface area contributed by atoms with Crippen LogP contribution >= 0.6 is 71.1 Å². The van der Waals surface area contributed by atoms with E-state index in [2.05, 4.69) is 14.1 Å². The summed E-state index contributed by atoms with van der Waals surface area (Å²) < 4.78 is 37.4. The number of rotatable bonds is 3. The lowest BCUT2D eigenvalue weighted by Gasteiger charge is -2.23. The quantitative estimate of drug-likeness (QED) is 0.481. The van der Waals surface area contributed by atoms with Crippen molar-refractivity contribution in [3.05, 3.63) is 32.2 Å². The number of fused-ring (bicyclic) bond motifs is 1. The molecule has 0 fully saturated rings. The highest BCUT2D eigenvalue weighted by atomic mass is 35.5. The first-order valence-electron chi connectivity index (χ1n) is 8.11. The van der Waals surface area contributed by atoms with Crippen molar-refractivity contribution in [2.24, 2.45) is 4.99 Å². The fourth-order valence-electron chi connectivity index (χ4n) is 2.73. The van der Waals surface area contributed by atoms with Gasteiger partial charge < -0.3 is 0 Å². The summed E-state index contributed by atoms with van der Waals surface area (Å²) in [4.78, 5) is 5.84. The number of hydrogen-bond acceptors (Lipinski definition) is 9. The number of halogens is 2. The molecule has 15 heteroatoms. The molecule has 0 unspecified atom stereocenters. The zero-order valence-electron chi connectivity index (χ0n) is 14.4. The van der Waals surface area contributed by atoms with Gasteiger partial charge in [0.25, 0.3) is 10.0 Å². The third-order valence-corrected chi connectivity index (χ3v) is 8.24. The molecule has 0 aliphatic carbocycles. The number of nitrogens with one attached hydrogen (secondary N) is 1. The number of guanidine groups is 1. The van der Waals surface area contributed by atoms with Gasteiger partial charge in [-0.3, -0.25) is 18.8 Å². The molecule has 0 amide bonds. The summed E-state index contributed by atoms with van der Waals surface area (Å²) in [6.45, 7) is 2.33. The third kappa shape index (κ3) is 4.40. The summed E-state index contributed by atoms with van der Waals surface area (Å²) >= 11 is 25.2. The van der Waals surface area contributed by atoms with Crippen LogP contribution in [0.25, 0.3) is 0 Å². The Kier molecular flexibility index (Phi) is 6.08. The molecule has 29 heavy (non-hydrogen) atoms. The summed E-state index contributed by atoms with van der Waals surface area (Å²) in [6.07, 6.45) is 0. The first-order valence-corrected chi connectivity index (χ1v) is 12.7. The fourth-order valence-corrected chi connectivity index (χ4v) is 6.75. The Hall–Kier alpha value is -0.960. The van der Waals surface area contributed by atoms with Gasteiger partial charge in [0.2, 0.25) is 11.9 Å². The van der Waals surface area contributed by atoms with Crippen molar-refractivity contribution in [2.75, 3.05) is 23.9 Å². The van der Waals surface area contributed by atoms with Gasteiger partial charge in [0.05, 0.1) is 18.0 Å². The Morgan fingerprint density at radius 3 is 2.66 bits per heavy atom. The molecule has 154 valence electrons. The lowest BCUT2D eigenvalue weighted by molar-refractivity contribution is 0.588. The second-order valence-corrected chi connectivity index (χ2v) is 11.5. The van der Waals surface area contributed by atoms with E-state index in [0.717, 1.165) is 12.5 Å². The average Bonchev–Trinajstić information content (AvgIpc) is 3.33. The van der Waals surface area contributed by atoms with Gasteiger partial charge >= 0.3 is 0 Å². The van der Waals surface area contributed by atoms with Crippen LogP contribution in [-0.2, 0) is 16.6 Å². The highest BCUT2D eigenvalue weighted by Crippen LogP contribution is 2.30. The molecule has 0 bridgehead atoms. The molecule has 0 saturated heterocycles. The largest absolute Gasteiger partial charge is 0.294 e. The van der Waals surface area contributed by atoms with Gasteiger partial charge in [0.1, 0.15) is 0 Å². The predicted octanol–water partition coefficient (Wildman–Crippen LogP) is 3.38. The lowest BCUT2D eigenvalue weighted by atomic mass is 10.4. The molecule has 2 aromatic rings. The molecule has 1 aromatic heterocycles. The first-order chi connectivity index (χ1) is 13.7. The number of anilines is 1. The maximum absolute atomic E-state index is 12.8. The molecule has 1 aromatic carbocycles. The molecule has 2 aliphatic rings. The monoisotopic (exact) mass is 526 g/mol. The number of aliphatic imine (C=N–C) groups is 1. The van der Waals surface area contributed by atoms with Gasteiger partial charge in [-0.1, -0.05) is 35.4 Å². The molecular weight excluding hydrogens is 515 g/mol. The zero-order chi connectivity index (χ0) is 20.8. The summed E-state index contributed by atoms with van der Waals surface area (Å²) in [5, 5.41) is 0.446. The van der Waals surface area contributed by atoms with E-state index in [4.69, 9.17) is 47.6 Å². The van der Waals surface area contributed by atoms with Crippen LogP contribution in [0.3, 0.4) is 0 Å². The Balaban J connectivity index is 1.49. The van der Waals surface area contributed by atoms with Crippen LogP contribution in [0.4, 0.5) is 5.95 Å². The van der Waals surface area contributed by atoms with Gasteiger partial charge in [-0.15, -0.1) is 0 Å². The normalized spacial score (nSPS) is 16.1. The van der Waals surface area contributed by atoms with E-state index in [1.807, 2.05) is 8.87 Å². The maximum atomic E-state index is 12.8. The van der Waals surface area contributed by atoms with Crippen LogP contribution in [0, 0.1) is 3.95 Å². The summed E-state index contributed by atoms with van der Waals surface area (Å²) in [5.41, 5.74) is 0. The Bertz CT molecular complexity index is 1160. The summed E-state index contributed by atoms with van der Waals surface area (Å²) in [5.74, 6) is 0.909. The van der Waals surface area contributed by atoms with Gasteiger partial charge in [-0.25, -0.2) is 13.1 Å². The van der Waals surface area contributed by atoms with Crippen molar-refractivity contribution in [3.8, 4) is 0 Å². The maximum Gasteiger partial charge on any atom is 0.264 e. The smallest absolute Gasteiger partial charge is 0.264 e. The van der Waals surface area contributed by atoms with E-state index in [0.29, 0.717) is 27.9 Å². The highest BCUT2D eigenvalue weighted by molar-refractivity contribution is 8.23. The van der Waals surface area contributed by atoms with Crippen molar-refractivity contribution in [2.45, 2.75) is 11.4 Å².